The van der Waals surface area contributed by atoms with Gasteiger partial charge in [-0.3, -0.25) is 4.79 Å². The first kappa shape index (κ1) is 13.8. The van der Waals surface area contributed by atoms with Crippen LogP contribution in [0.25, 0.3) is 0 Å². The van der Waals surface area contributed by atoms with Gasteiger partial charge >= 0.3 is 0 Å². The molecule has 1 rings (SSSR count). The van der Waals surface area contributed by atoms with E-state index in [9.17, 15) is 21.6 Å². The fourth-order valence-electron chi connectivity index (χ4n) is 0.965. The van der Waals surface area contributed by atoms with Crippen molar-refractivity contribution >= 4 is 20.0 Å². The third-order valence-corrected chi connectivity index (χ3v) is 3.98. The number of hydrogen-bond donors (Lipinski definition) is 3. The molecule has 10 heteroatoms. The van der Waals surface area contributed by atoms with Gasteiger partial charge in [0.15, 0.2) is 0 Å². The normalized spacial score (nSPS) is 12.5. The van der Waals surface area contributed by atoms with Crippen molar-refractivity contribution < 1.29 is 16.8 Å². The Morgan fingerprint density at radius 2 is 1.88 bits per heavy atom. The highest BCUT2D eigenvalue weighted by Crippen LogP contribution is 2.03. The molecule has 1 heterocycles. The number of H-pyrrole nitrogens is 1. The second-order valence-corrected chi connectivity index (χ2v) is 6.65. The lowest BCUT2D eigenvalue weighted by Gasteiger charge is -2.05. The lowest BCUT2D eigenvalue weighted by Crippen LogP contribution is -2.31. The largest absolute Gasteiger partial charge is 0.328 e. The summed E-state index contributed by atoms with van der Waals surface area (Å²) in [4.78, 5) is 12.8. The van der Waals surface area contributed by atoms with E-state index in [-0.39, 0.29) is 11.4 Å². The lowest BCUT2D eigenvalue weighted by molar-refractivity contribution is 0.581. The van der Waals surface area contributed by atoms with Crippen molar-refractivity contribution in [3.8, 4) is 0 Å². The second-order valence-electron chi connectivity index (χ2n) is 3.15. The van der Waals surface area contributed by atoms with Crippen molar-refractivity contribution in [2.75, 3.05) is 12.3 Å². The molecule has 0 aliphatic carbocycles. The molecule has 0 spiro atoms. The molecule has 0 saturated heterocycles. The van der Waals surface area contributed by atoms with Crippen LogP contribution in [0.5, 0.6) is 0 Å². The fourth-order valence-corrected chi connectivity index (χ4v) is 2.48. The Balaban J connectivity index is 2.76. The van der Waals surface area contributed by atoms with Crippen LogP contribution in [0, 0.1) is 0 Å². The van der Waals surface area contributed by atoms with Gasteiger partial charge in [-0.25, -0.2) is 26.7 Å². The van der Waals surface area contributed by atoms with Gasteiger partial charge in [0.1, 0.15) is 0 Å². The zero-order valence-electron chi connectivity index (χ0n) is 8.58. The van der Waals surface area contributed by atoms with Crippen molar-refractivity contribution in [1.82, 2.24) is 9.71 Å². The van der Waals surface area contributed by atoms with Crippen LogP contribution in [0.4, 0.5) is 0 Å². The molecule has 0 atom stereocenters. The number of rotatable bonds is 5. The molecular formula is C7H11N3O5S2. The first-order valence-electron chi connectivity index (χ1n) is 4.40. The summed E-state index contributed by atoms with van der Waals surface area (Å²) in [5.41, 5.74) is -0.437. The number of aromatic nitrogens is 1. The SMILES string of the molecule is NS(=O)(=O)CCNS(=O)(=O)c1ccc(=O)[nH]c1. The van der Waals surface area contributed by atoms with Crippen molar-refractivity contribution in [3.05, 3.63) is 28.7 Å². The average Bonchev–Trinajstić information content (AvgIpc) is 2.15. The van der Waals surface area contributed by atoms with E-state index in [1.54, 1.807) is 0 Å². The van der Waals surface area contributed by atoms with Crippen LogP contribution < -0.4 is 15.4 Å². The molecule has 0 aliphatic rings. The molecule has 1 aromatic rings. The van der Waals surface area contributed by atoms with Gasteiger partial charge in [0.2, 0.25) is 25.6 Å². The predicted octanol–water partition coefficient (Wildman–Crippen LogP) is -2.06. The molecule has 1 aromatic heterocycles. The van der Waals surface area contributed by atoms with Crippen LogP contribution in [0.2, 0.25) is 0 Å². The maximum absolute atomic E-state index is 11.6. The molecule has 0 bridgehead atoms. The van der Waals surface area contributed by atoms with Crippen LogP contribution in [-0.2, 0) is 20.0 Å². The third-order valence-electron chi connectivity index (χ3n) is 1.74. The number of hydrogen-bond acceptors (Lipinski definition) is 5. The second kappa shape index (κ2) is 4.96. The van der Waals surface area contributed by atoms with Crippen LogP contribution in [0.15, 0.2) is 28.0 Å². The zero-order valence-corrected chi connectivity index (χ0v) is 10.2. The summed E-state index contributed by atoms with van der Waals surface area (Å²) in [7, 11) is -7.56. The van der Waals surface area contributed by atoms with Gasteiger partial charge in [0, 0.05) is 18.8 Å². The summed E-state index contributed by atoms with van der Waals surface area (Å²) in [6.07, 6.45) is 1.02. The maximum Gasteiger partial charge on any atom is 0.247 e. The number of nitrogens with one attached hydrogen (secondary N) is 2. The van der Waals surface area contributed by atoms with Crippen LogP contribution in [-0.4, -0.2) is 34.1 Å². The van der Waals surface area contributed by atoms with Crippen molar-refractivity contribution in [2.45, 2.75) is 4.90 Å². The predicted molar refractivity (Wildman–Crippen MR) is 60.2 cm³/mol. The molecule has 0 saturated carbocycles. The Labute approximate surface area is 98.0 Å². The van der Waals surface area contributed by atoms with E-state index in [4.69, 9.17) is 5.14 Å². The summed E-state index contributed by atoms with van der Waals surface area (Å²) in [6, 6.07) is 2.16. The van der Waals surface area contributed by atoms with Crippen LogP contribution >= 0.6 is 0 Å². The molecule has 4 N–H and O–H groups in total. The standard InChI is InChI=1S/C7H11N3O5S2/c8-16(12,13)4-3-10-17(14,15)6-1-2-7(11)9-5-6/h1-2,5,10H,3-4H2,(H,9,11)(H2,8,12,13). The lowest BCUT2D eigenvalue weighted by atomic mass is 10.5. The Morgan fingerprint density at radius 3 is 2.35 bits per heavy atom. The fraction of sp³-hybridized carbons (Fsp3) is 0.286. The minimum atomic E-state index is -3.84. The van der Waals surface area contributed by atoms with Gasteiger partial charge in [-0.2, -0.15) is 0 Å². The van der Waals surface area contributed by atoms with Crippen LogP contribution in [0.3, 0.4) is 0 Å². The van der Waals surface area contributed by atoms with E-state index in [0.717, 1.165) is 18.3 Å². The summed E-state index contributed by atoms with van der Waals surface area (Å²) < 4.78 is 46.4. The Bertz CT molecular complexity index is 626. The molecule has 8 nitrogen and oxygen atoms in total. The molecular weight excluding hydrogens is 270 g/mol. The highest BCUT2D eigenvalue weighted by molar-refractivity contribution is 7.90. The van der Waals surface area contributed by atoms with Gasteiger partial charge in [0.25, 0.3) is 0 Å². The van der Waals surface area contributed by atoms with E-state index < -0.39 is 31.4 Å². The van der Waals surface area contributed by atoms with E-state index in [1.807, 2.05) is 4.72 Å². The molecule has 0 fully saturated rings. The Kier molecular flexibility index (Phi) is 4.03. The van der Waals surface area contributed by atoms with E-state index in [0.29, 0.717) is 0 Å². The van der Waals surface area contributed by atoms with Crippen molar-refractivity contribution in [1.29, 1.82) is 0 Å². The van der Waals surface area contributed by atoms with Gasteiger partial charge in [-0.15, -0.1) is 0 Å². The highest BCUT2D eigenvalue weighted by atomic mass is 32.2. The number of aromatic amines is 1. The van der Waals surface area contributed by atoms with E-state index in [2.05, 4.69) is 4.98 Å². The minimum Gasteiger partial charge on any atom is -0.328 e. The Morgan fingerprint density at radius 1 is 1.24 bits per heavy atom. The maximum atomic E-state index is 11.6. The summed E-state index contributed by atoms with van der Waals surface area (Å²) in [6.45, 7) is -0.333. The van der Waals surface area contributed by atoms with Gasteiger partial charge in [0.05, 0.1) is 10.6 Å². The molecule has 0 aliphatic heterocycles. The molecule has 17 heavy (non-hydrogen) atoms. The summed E-state index contributed by atoms with van der Waals surface area (Å²) in [5, 5.41) is 4.71. The Hall–Kier alpha value is -1.23. The average molecular weight is 281 g/mol. The smallest absolute Gasteiger partial charge is 0.247 e. The number of pyridine rings is 1. The minimum absolute atomic E-state index is 0.161. The van der Waals surface area contributed by atoms with Crippen molar-refractivity contribution in [2.24, 2.45) is 5.14 Å². The van der Waals surface area contributed by atoms with E-state index in [1.165, 1.54) is 0 Å². The molecule has 0 aromatic carbocycles. The van der Waals surface area contributed by atoms with Crippen LogP contribution in [0.1, 0.15) is 0 Å². The number of nitrogens with two attached hydrogens (primary N) is 1. The monoisotopic (exact) mass is 281 g/mol. The van der Waals surface area contributed by atoms with E-state index >= 15 is 0 Å². The number of sulfonamides is 2. The highest BCUT2D eigenvalue weighted by Gasteiger charge is 2.14. The topological polar surface area (TPSA) is 139 Å². The quantitative estimate of drug-likeness (QED) is 0.569. The summed E-state index contributed by atoms with van der Waals surface area (Å²) >= 11 is 0. The summed E-state index contributed by atoms with van der Waals surface area (Å²) in [5.74, 6) is -0.504. The van der Waals surface area contributed by atoms with Gasteiger partial charge in [-0.05, 0) is 6.07 Å². The molecule has 0 unspecified atom stereocenters. The number of primary sulfonamides is 1. The van der Waals surface area contributed by atoms with Crippen molar-refractivity contribution in [3.63, 3.8) is 0 Å². The van der Waals surface area contributed by atoms with Gasteiger partial charge in [-0.1, -0.05) is 0 Å². The van der Waals surface area contributed by atoms with Gasteiger partial charge < -0.3 is 4.98 Å². The third kappa shape index (κ3) is 4.65. The first-order chi connectivity index (χ1) is 7.71. The molecule has 0 radical (unpaired) electrons. The molecule has 0 amide bonds. The molecule has 96 valence electrons. The first-order valence-corrected chi connectivity index (χ1v) is 7.59. The zero-order chi connectivity index (χ0) is 13.1.